The van der Waals surface area contributed by atoms with Gasteiger partial charge in [-0.3, -0.25) is 4.79 Å². The van der Waals surface area contributed by atoms with Crippen molar-refractivity contribution >= 4 is 6.29 Å². The zero-order valence-corrected chi connectivity index (χ0v) is 9.63. The number of carbonyl (C=O) groups excluding carboxylic acids is 1. The van der Waals surface area contributed by atoms with Crippen LogP contribution in [0.2, 0.25) is 0 Å². The molecule has 0 heterocycles. The van der Waals surface area contributed by atoms with Crippen molar-refractivity contribution in [2.75, 3.05) is 19.7 Å². The Kier molecular flexibility index (Phi) is 5.99. The summed E-state index contributed by atoms with van der Waals surface area (Å²) in [6, 6.07) is 6.92. The molecule has 0 aliphatic heterocycles. The first-order valence-electron chi connectivity index (χ1n) is 5.44. The van der Waals surface area contributed by atoms with Crippen LogP contribution in [-0.2, 0) is 0 Å². The lowest BCUT2D eigenvalue weighted by atomic mass is 10.2. The fraction of sp³-hybridized carbons (Fsp3) is 0.308. The molecule has 1 rings (SSSR count). The number of para-hydroxylation sites is 1. The topological polar surface area (TPSA) is 58.6 Å². The van der Waals surface area contributed by atoms with Crippen LogP contribution in [0.5, 0.6) is 5.75 Å². The highest BCUT2D eigenvalue weighted by molar-refractivity contribution is 5.79. The summed E-state index contributed by atoms with van der Waals surface area (Å²) in [5.74, 6) is 0.491. The van der Waals surface area contributed by atoms with Gasteiger partial charge in [-0.1, -0.05) is 18.2 Å². The Morgan fingerprint density at radius 3 is 2.94 bits per heavy atom. The number of hydrogen-bond acceptors (Lipinski definition) is 4. The second-order valence-electron chi connectivity index (χ2n) is 3.57. The highest BCUT2D eigenvalue weighted by Gasteiger charge is 2.06. The van der Waals surface area contributed by atoms with Gasteiger partial charge in [0, 0.05) is 13.1 Å². The average Bonchev–Trinajstić information content (AvgIpc) is 2.37. The molecule has 1 aromatic rings. The molecular formula is C13H17NO3. The normalized spacial score (nSPS) is 11.8. The Labute approximate surface area is 101 Å². The molecule has 2 N–H and O–H groups in total. The van der Waals surface area contributed by atoms with E-state index in [-0.39, 0.29) is 6.61 Å². The summed E-state index contributed by atoms with van der Waals surface area (Å²) in [5, 5.41) is 12.6. The highest BCUT2D eigenvalue weighted by atomic mass is 16.5. The third kappa shape index (κ3) is 4.80. The van der Waals surface area contributed by atoms with Gasteiger partial charge < -0.3 is 15.2 Å². The van der Waals surface area contributed by atoms with E-state index in [4.69, 9.17) is 4.74 Å². The molecule has 1 atom stereocenters. The Morgan fingerprint density at radius 2 is 2.24 bits per heavy atom. The number of aliphatic hydroxyl groups excluding tert-OH is 1. The second kappa shape index (κ2) is 7.60. The van der Waals surface area contributed by atoms with Crippen LogP contribution in [-0.4, -0.2) is 37.2 Å². The molecular weight excluding hydrogens is 218 g/mol. The molecule has 1 aromatic carbocycles. The fourth-order valence-electron chi connectivity index (χ4n) is 1.31. The maximum Gasteiger partial charge on any atom is 0.153 e. The largest absolute Gasteiger partial charge is 0.490 e. The summed E-state index contributed by atoms with van der Waals surface area (Å²) >= 11 is 0. The minimum absolute atomic E-state index is 0.148. The molecule has 0 bridgehead atoms. The van der Waals surface area contributed by atoms with E-state index in [1.807, 2.05) is 0 Å². The Balaban J connectivity index is 2.38. The second-order valence-corrected chi connectivity index (χ2v) is 3.57. The molecule has 17 heavy (non-hydrogen) atoms. The van der Waals surface area contributed by atoms with Crippen molar-refractivity contribution < 1.29 is 14.6 Å². The maximum atomic E-state index is 10.7. The van der Waals surface area contributed by atoms with Crippen LogP contribution in [0.1, 0.15) is 10.4 Å². The van der Waals surface area contributed by atoms with Crippen LogP contribution in [0.4, 0.5) is 0 Å². The third-order valence-electron chi connectivity index (χ3n) is 2.15. The smallest absolute Gasteiger partial charge is 0.153 e. The predicted molar refractivity (Wildman–Crippen MR) is 66.4 cm³/mol. The van der Waals surface area contributed by atoms with Crippen LogP contribution >= 0.6 is 0 Å². The van der Waals surface area contributed by atoms with Gasteiger partial charge in [0.05, 0.1) is 5.56 Å². The van der Waals surface area contributed by atoms with Gasteiger partial charge in [-0.25, -0.2) is 0 Å². The minimum Gasteiger partial charge on any atom is -0.490 e. The first-order chi connectivity index (χ1) is 8.27. The zero-order chi connectivity index (χ0) is 12.5. The summed E-state index contributed by atoms with van der Waals surface area (Å²) in [6.07, 6.45) is 1.84. The number of nitrogens with one attached hydrogen (secondary N) is 1. The van der Waals surface area contributed by atoms with Crippen LogP contribution in [0.3, 0.4) is 0 Å². The van der Waals surface area contributed by atoms with Crippen molar-refractivity contribution in [2.24, 2.45) is 0 Å². The number of benzene rings is 1. The van der Waals surface area contributed by atoms with Crippen molar-refractivity contribution in [3.63, 3.8) is 0 Å². The van der Waals surface area contributed by atoms with Crippen LogP contribution in [0.15, 0.2) is 36.9 Å². The van der Waals surface area contributed by atoms with Gasteiger partial charge in [-0.15, -0.1) is 6.58 Å². The molecule has 0 aliphatic carbocycles. The molecule has 92 valence electrons. The lowest BCUT2D eigenvalue weighted by molar-refractivity contribution is 0.104. The van der Waals surface area contributed by atoms with Crippen molar-refractivity contribution in [1.29, 1.82) is 0 Å². The van der Waals surface area contributed by atoms with E-state index in [2.05, 4.69) is 11.9 Å². The predicted octanol–water partition coefficient (Wildman–Crippen LogP) is 1.01. The number of ether oxygens (including phenoxy) is 1. The summed E-state index contributed by atoms with van der Waals surface area (Å²) in [4.78, 5) is 10.7. The molecule has 4 heteroatoms. The summed E-state index contributed by atoms with van der Waals surface area (Å²) in [7, 11) is 0. The number of hydrogen-bond donors (Lipinski definition) is 2. The molecule has 0 radical (unpaired) electrons. The van der Waals surface area contributed by atoms with Gasteiger partial charge in [-0.2, -0.15) is 0 Å². The number of aldehydes is 1. The SMILES string of the molecule is C=CCNCC(O)COc1ccccc1C=O. The monoisotopic (exact) mass is 235 g/mol. The standard InChI is InChI=1S/C13H17NO3/c1-2-7-14-8-12(16)10-17-13-6-4-3-5-11(13)9-15/h2-6,9,12,14,16H,1,7-8,10H2. The van der Waals surface area contributed by atoms with Gasteiger partial charge in [-0.05, 0) is 12.1 Å². The first kappa shape index (κ1) is 13.4. The summed E-state index contributed by atoms with van der Waals surface area (Å²) in [5.41, 5.74) is 0.485. The lowest BCUT2D eigenvalue weighted by Crippen LogP contribution is -2.31. The van der Waals surface area contributed by atoms with E-state index in [0.717, 1.165) is 6.29 Å². The molecule has 0 saturated heterocycles. The van der Waals surface area contributed by atoms with E-state index in [0.29, 0.717) is 24.4 Å². The molecule has 4 nitrogen and oxygen atoms in total. The number of carbonyl (C=O) groups is 1. The average molecular weight is 235 g/mol. The van der Waals surface area contributed by atoms with E-state index in [1.54, 1.807) is 30.3 Å². The van der Waals surface area contributed by atoms with Gasteiger partial charge in [0.1, 0.15) is 18.5 Å². The Hall–Kier alpha value is -1.65. The highest BCUT2D eigenvalue weighted by Crippen LogP contribution is 2.15. The van der Waals surface area contributed by atoms with Crippen LogP contribution in [0, 0.1) is 0 Å². The molecule has 0 saturated carbocycles. The summed E-state index contributed by atoms with van der Waals surface area (Å²) < 4.78 is 5.37. The molecule has 1 unspecified atom stereocenters. The zero-order valence-electron chi connectivity index (χ0n) is 9.63. The molecule has 0 amide bonds. The van der Waals surface area contributed by atoms with Crippen molar-refractivity contribution in [1.82, 2.24) is 5.32 Å². The Morgan fingerprint density at radius 1 is 1.47 bits per heavy atom. The van der Waals surface area contributed by atoms with Crippen molar-refractivity contribution in [2.45, 2.75) is 6.10 Å². The summed E-state index contributed by atoms with van der Waals surface area (Å²) in [6.45, 7) is 4.77. The number of aliphatic hydroxyl groups is 1. The Bertz CT molecular complexity index is 365. The van der Waals surface area contributed by atoms with E-state index >= 15 is 0 Å². The third-order valence-corrected chi connectivity index (χ3v) is 2.15. The fourth-order valence-corrected chi connectivity index (χ4v) is 1.31. The lowest BCUT2D eigenvalue weighted by Gasteiger charge is -2.13. The molecule has 0 fully saturated rings. The van der Waals surface area contributed by atoms with Gasteiger partial charge in [0.15, 0.2) is 6.29 Å². The van der Waals surface area contributed by atoms with Gasteiger partial charge in [0.2, 0.25) is 0 Å². The molecule has 0 spiro atoms. The minimum atomic E-state index is -0.616. The van der Waals surface area contributed by atoms with E-state index in [1.165, 1.54) is 0 Å². The first-order valence-corrected chi connectivity index (χ1v) is 5.44. The molecule has 0 aromatic heterocycles. The number of rotatable bonds is 8. The maximum absolute atomic E-state index is 10.7. The van der Waals surface area contributed by atoms with Gasteiger partial charge in [0.25, 0.3) is 0 Å². The van der Waals surface area contributed by atoms with Crippen molar-refractivity contribution in [3.8, 4) is 5.75 Å². The quantitative estimate of drug-likeness (QED) is 0.401. The van der Waals surface area contributed by atoms with Gasteiger partial charge >= 0.3 is 0 Å². The van der Waals surface area contributed by atoms with Crippen LogP contribution in [0.25, 0.3) is 0 Å². The van der Waals surface area contributed by atoms with E-state index in [9.17, 15) is 9.90 Å². The van der Waals surface area contributed by atoms with E-state index < -0.39 is 6.10 Å². The van der Waals surface area contributed by atoms with Crippen LogP contribution < -0.4 is 10.1 Å². The molecule has 0 aliphatic rings. The van der Waals surface area contributed by atoms with Crippen molar-refractivity contribution in [3.05, 3.63) is 42.5 Å².